The summed E-state index contributed by atoms with van der Waals surface area (Å²) in [7, 11) is 0. The maximum Gasteiger partial charge on any atom is 0.157 e. The average molecular weight is 458 g/mol. The van der Waals surface area contributed by atoms with Crippen LogP contribution in [0.1, 0.15) is 17.0 Å². The summed E-state index contributed by atoms with van der Waals surface area (Å²) >= 11 is 7.42. The molecule has 3 aromatic carbocycles. The van der Waals surface area contributed by atoms with Gasteiger partial charge in [0.2, 0.25) is 0 Å². The first-order chi connectivity index (χ1) is 14.9. The second-order valence-corrected chi connectivity index (χ2v) is 8.30. The number of aryl methyl sites for hydroxylation is 2. The van der Waals surface area contributed by atoms with Crippen molar-refractivity contribution >= 4 is 40.1 Å². The van der Waals surface area contributed by atoms with Crippen molar-refractivity contribution in [2.75, 3.05) is 4.72 Å². The van der Waals surface area contributed by atoms with Crippen LogP contribution in [0.4, 0.5) is 14.5 Å². The zero-order chi connectivity index (χ0) is 22.1. The Labute approximate surface area is 187 Å². The number of anilines is 1. The predicted molar refractivity (Wildman–Crippen MR) is 121 cm³/mol. The van der Waals surface area contributed by atoms with Crippen molar-refractivity contribution < 1.29 is 13.9 Å². The van der Waals surface area contributed by atoms with Gasteiger partial charge in [0.05, 0.1) is 28.4 Å². The van der Waals surface area contributed by atoms with Gasteiger partial charge in [-0.25, -0.2) is 18.7 Å². The molecule has 0 spiro atoms. The highest BCUT2D eigenvalue weighted by molar-refractivity contribution is 8.00. The fraction of sp³-hybridized carbons (Fsp3) is 0.130. The second-order valence-electron chi connectivity index (χ2n) is 7.07. The van der Waals surface area contributed by atoms with Gasteiger partial charge in [0.1, 0.15) is 11.6 Å². The first-order valence-electron chi connectivity index (χ1n) is 9.42. The van der Waals surface area contributed by atoms with Gasteiger partial charge in [-0.15, -0.1) is 0 Å². The molecule has 0 aliphatic rings. The molecular weight excluding hydrogens is 440 g/mol. The Kier molecular flexibility index (Phi) is 6.09. The van der Waals surface area contributed by atoms with Crippen LogP contribution in [-0.4, -0.2) is 15.1 Å². The van der Waals surface area contributed by atoms with Crippen molar-refractivity contribution in [3.8, 4) is 11.1 Å². The van der Waals surface area contributed by atoms with E-state index in [1.54, 1.807) is 37.4 Å². The minimum atomic E-state index is -0.717. The fourth-order valence-corrected chi connectivity index (χ4v) is 4.41. The van der Waals surface area contributed by atoms with E-state index in [-0.39, 0.29) is 17.9 Å². The monoisotopic (exact) mass is 457 g/mol. The summed E-state index contributed by atoms with van der Waals surface area (Å²) in [6.45, 7) is 3.46. The third-order valence-corrected chi connectivity index (χ3v) is 6.20. The lowest BCUT2D eigenvalue weighted by Gasteiger charge is -2.14. The molecule has 1 heterocycles. The van der Waals surface area contributed by atoms with Gasteiger partial charge in [0, 0.05) is 16.5 Å². The van der Waals surface area contributed by atoms with Gasteiger partial charge >= 0.3 is 0 Å². The largest absolute Gasteiger partial charge is 0.392 e. The van der Waals surface area contributed by atoms with Crippen LogP contribution in [0.25, 0.3) is 22.0 Å². The number of aromatic nitrogens is 2. The molecule has 0 unspecified atom stereocenters. The van der Waals surface area contributed by atoms with Gasteiger partial charge in [0.25, 0.3) is 0 Å². The highest BCUT2D eigenvalue weighted by Gasteiger charge is 2.17. The summed E-state index contributed by atoms with van der Waals surface area (Å²) in [5, 5.41) is 10.5. The quantitative estimate of drug-likeness (QED) is 0.337. The Bertz CT molecular complexity index is 1300. The lowest BCUT2D eigenvalue weighted by Crippen LogP contribution is -1.98. The Morgan fingerprint density at radius 1 is 1.10 bits per heavy atom. The number of halogens is 3. The van der Waals surface area contributed by atoms with E-state index < -0.39 is 11.6 Å². The lowest BCUT2D eigenvalue weighted by atomic mass is 10.0. The maximum atomic E-state index is 15.3. The van der Waals surface area contributed by atoms with Crippen LogP contribution in [0.15, 0.2) is 53.6 Å². The molecule has 0 saturated heterocycles. The molecule has 0 aliphatic heterocycles. The lowest BCUT2D eigenvalue weighted by molar-refractivity contribution is 0.281. The summed E-state index contributed by atoms with van der Waals surface area (Å²) in [5.41, 5.74) is 2.56. The molecule has 8 heteroatoms. The molecule has 0 bridgehead atoms. The molecule has 2 N–H and O–H groups in total. The number of nitrogens with one attached hydrogen (secondary N) is 1. The Hall–Kier alpha value is -2.74. The molecule has 158 valence electrons. The first-order valence-corrected chi connectivity index (χ1v) is 10.6. The fourth-order valence-electron chi connectivity index (χ4n) is 3.28. The number of fused-ring (bicyclic) bond motifs is 1. The average Bonchev–Trinajstić information content (AvgIpc) is 2.75. The van der Waals surface area contributed by atoms with Crippen molar-refractivity contribution in [1.29, 1.82) is 0 Å². The summed E-state index contributed by atoms with van der Waals surface area (Å²) in [5.74, 6) is -0.761. The molecule has 4 nitrogen and oxygen atoms in total. The van der Waals surface area contributed by atoms with E-state index >= 15 is 4.39 Å². The van der Waals surface area contributed by atoms with Crippen molar-refractivity contribution in [3.05, 3.63) is 82.3 Å². The van der Waals surface area contributed by atoms with E-state index in [9.17, 15) is 9.50 Å². The highest BCUT2D eigenvalue weighted by atomic mass is 35.5. The van der Waals surface area contributed by atoms with Crippen LogP contribution in [0.2, 0.25) is 5.02 Å². The minimum Gasteiger partial charge on any atom is -0.392 e. The van der Waals surface area contributed by atoms with E-state index in [0.717, 1.165) is 17.5 Å². The van der Waals surface area contributed by atoms with Gasteiger partial charge in [-0.1, -0.05) is 23.7 Å². The molecule has 0 atom stereocenters. The smallest absolute Gasteiger partial charge is 0.157 e. The zero-order valence-corrected chi connectivity index (χ0v) is 18.3. The Balaban J connectivity index is 1.69. The summed E-state index contributed by atoms with van der Waals surface area (Å²) in [6, 6.07) is 11.2. The van der Waals surface area contributed by atoms with Crippen molar-refractivity contribution in [3.63, 3.8) is 0 Å². The molecule has 0 amide bonds. The molecular formula is C23H18ClF2N3OS. The van der Waals surface area contributed by atoms with Crippen LogP contribution < -0.4 is 4.72 Å². The second kappa shape index (κ2) is 8.78. The number of rotatable bonds is 5. The third kappa shape index (κ3) is 4.35. The van der Waals surface area contributed by atoms with Gasteiger partial charge < -0.3 is 9.83 Å². The van der Waals surface area contributed by atoms with Crippen LogP contribution in [-0.2, 0) is 6.61 Å². The molecule has 31 heavy (non-hydrogen) atoms. The molecule has 0 aliphatic carbocycles. The van der Waals surface area contributed by atoms with E-state index in [0.29, 0.717) is 37.8 Å². The molecule has 4 aromatic rings. The number of aliphatic hydroxyl groups excluding tert-OH is 1. The van der Waals surface area contributed by atoms with Gasteiger partial charge in [-0.3, -0.25) is 0 Å². The predicted octanol–water partition coefficient (Wildman–Crippen LogP) is 6.46. The van der Waals surface area contributed by atoms with Crippen molar-refractivity contribution in [2.45, 2.75) is 25.3 Å². The van der Waals surface area contributed by atoms with E-state index in [1.165, 1.54) is 12.1 Å². The van der Waals surface area contributed by atoms with Crippen LogP contribution in [0.3, 0.4) is 0 Å². The van der Waals surface area contributed by atoms with Crippen LogP contribution >= 0.6 is 23.5 Å². The minimum absolute atomic E-state index is 0.116. The van der Waals surface area contributed by atoms with Crippen LogP contribution in [0.5, 0.6) is 0 Å². The van der Waals surface area contributed by atoms with Gasteiger partial charge in [0.15, 0.2) is 5.82 Å². The highest BCUT2D eigenvalue weighted by Crippen LogP contribution is 2.36. The normalized spacial score (nSPS) is 11.2. The van der Waals surface area contributed by atoms with E-state index in [4.69, 9.17) is 11.6 Å². The molecule has 0 fully saturated rings. The summed E-state index contributed by atoms with van der Waals surface area (Å²) in [4.78, 5) is 9.11. The first kappa shape index (κ1) is 21.5. The number of nitrogens with zero attached hydrogens (tertiary/aromatic N) is 2. The number of hydrogen-bond donors (Lipinski definition) is 2. The maximum absolute atomic E-state index is 15.3. The molecule has 1 aromatic heterocycles. The summed E-state index contributed by atoms with van der Waals surface area (Å²) < 4.78 is 32.8. The topological polar surface area (TPSA) is 58.0 Å². The molecule has 0 radical (unpaired) electrons. The standard InChI is InChI=1S/C23H18ClF2N3OS/c1-12-7-16(11-30)22(24)20(8-12)31-29-19-6-4-17(25)21(23(19)26)14-3-5-18-15(9-14)10-27-13(2)28-18/h3-10,29-30H,11H2,1-2H3. The Morgan fingerprint density at radius 3 is 2.68 bits per heavy atom. The third-order valence-electron chi connectivity index (χ3n) is 4.78. The van der Waals surface area contributed by atoms with Crippen molar-refractivity contribution in [1.82, 2.24) is 9.97 Å². The van der Waals surface area contributed by atoms with Crippen molar-refractivity contribution in [2.24, 2.45) is 0 Å². The van der Waals surface area contributed by atoms with Crippen LogP contribution in [0, 0.1) is 25.5 Å². The Morgan fingerprint density at radius 2 is 1.90 bits per heavy atom. The van der Waals surface area contributed by atoms with Gasteiger partial charge in [-0.2, -0.15) is 0 Å². The van der Waals surface area contributed by atoms with Gasteiger partial charge in [-0.05, 0) is 72.8 Å². The number of hydrogen-bond acceptors (Lipinski definition) is 5. The molecule has 4 rings (SSSR count). The number of benzene rings is 3. The van der Waals surface area contributed by atoms with E-state index in [1.807, 2.05) is 13.0 Å². The number of aliphatic hydroxyl groups is 1. The SMILES string of the molecule is Cc1cc(CO)c(Cl)c(SNc2ccc(F)c(-c3ccc4nc(C)ncc4c3)c2F)c1. The van der Waals surface area contributed by atoms with E-state index in [2.05, 4.69) is 14.7 Å². The summed E-state index contributed by atoms with van der Waals surface area (Å²) in [6.07, 6.45) is 1.63. The molecule has 0 saturated carbocycles. The zero-order valence-electron chi connectivity index (χ0n) is 16.7.